The van der Waals surface area contributed by atoms with Gasteiger partial charge in [-0.1, -0.05) is 0 Å². The molecule has 1 heterocycles. The van der Waals surface area contributed by atoms with Gasteiger partial charge in [-0.25, -0.2) is 4.79 Å². The van der Waals surface area contributed by atoms with Gasteiger partial charge in [0.25, 0.3) is 0 Å². The van der Waals surface area contributed by atoms with Crippen molar-refractivity contribution < 1.29 is 13.9 Å². The van der Waals surface area contributed by atoms with Crippen LogP contribution in [0.1, 0.15) is 31.2 Å². The van der Waals surface area contributed by atoms with Crippen LogP contribution in [0.3, 0.4) is 0 Å². The summed E-state index contributed by atoms with van der Waals surface area (Å²) in [5, 5.41) is 0.881. The van der Waals surface area contributed by atoms with Crippen LogP contribution in [-0.4, -0.2) is 11.9 Å². The van der Waals surface area contributed by atoms with Crippen molar-refractivity contribution in [1.29, 1.82) is 0 Å². The minimum absolute atomic E-state index is 0.155. The minimum atomic E-state index is -0.374. The van der Waals surface area contributed by atoms with Gasteiger partial charge in [0.05, 0.1) is 0 Å². The normalized spacial score (nSPS) is 19.2. The summed E-state index contributed by atoms with van der Waals surface area (Å²) >= 11 is 0. The van der Waals surface area contributed by atoms with Crippen molar-refractivity contribution in [1.82, 2.24) is 0 Å². The molecule has 4 heteroatoms. The molecule has 1 saturated carbocycles. The molecule has 0 unspecified atom stereocenters. The molecular weight excluding hydrogens is 256 g/mol. The largest absolute Gasteiger partial charge is 0.483 e. The van der Waals surface area contributed by atoms with Crippen molar-refractivity contribution in [2.75, 3.05) is 0 Å². The number of aryl methyl sites for hydroxylation is 1. The maximum Gasteiger partial charge on any atom is 0.336 e. The molecule has 1 aliphatic rings. The molecule has 1 aromatic heterocycles. The van der Waals surface area contributed by atoms with Crippen LogP contribution < -0.4 is 10.4 Å². The lowest BCUT2D eigenvalue weighted by Crippen LogP contribution is -2.30. The van der Waals surface area contributed by atoms with E-state index in [1.54, 1.807) is 6.07 Å². The Morgan fingerprint density at radius 1 is 1.20 bits per heavy atom. The number of rotatable bonds is 2. The number of hydrogen-bond donors (Lipinski definition) is 0. The SMILES string of the molecule is Cc1cc(=O)oc2cc(O[C@@H]3CCCCC3=O)ccc12. The quantitative estimate of drug-likeness (QED) is 0.789. The molecule has 0 N–H and O–H groups in total. The molecule has 2 aromatic rings. The lowest BCUT2D eigenvalue weighted by Gasteiger charge is -2.21. The van der Waals surface area contributed by atoms with Crippen molar-refractivity contribution in [3.8, 4) is 5.75 Å². The number of ether oxygens (including phenoxy) is 1. The molecule has 4 nitrogen and oxygen atoms in total. The summed E-state index contributed by atoms with van der Waals surface area (Å²) in [4.78, 5) is 23.2. The second-order valence-corrected chi connectivity index (χ2v) is 5.23. The predicted octanol–water partition coefficient (Wildman–Crippen LogP) is 2.99. The van der Waals surface area contributed by atoms with Crippen molar-refractivity contribution in [3.05, 3.63) is 40.2 Å². The molecule has 0 aliphatic heterocycles. The Morgan fingerprint density at radius 3 is 2.85 bits per heavy atom. The van der Waals surface area contributed by atoms with Gasteiger partial charge in [-0.3, -0.25) is 4.79 Å². The van der Waals surface area contributed by atoms with E-state index < -0.39 is 0 Å². The van der Waals surface area contributed by atoms with Gasteiger partial charge in [0.1, 0.15) is 11.3 Å². The maximum absolute atomic E-state index is 11.8. The van der Waals surface area contributed by atoms with Crippen LogP contribution in [-0.2, 0) is 4.79 Å². The van der Waals surface area contributed by atoms with Crippen LogP contribution in [0.5, 0.6) is 5.75 Å². The zero-order valence-corrected chi connectivity index (χ0v) is 11.3. The first-order valence-corrected chi connectivity index (χ1v) is 6.87. The summed E-state index contributed by atoms with van der Waals surface area (Å²) in [6, 6.07) is 6.83. The second kappa shape index (κ2) is 5.12. The highest BCUT2D eigenvalue weighted by molar-refractivity contribution is 5.84. The van der Waals surface area contributed by atoms with E-state index in [1.165, 1.54) is 6.07 Å². The van der Waals surface area contributed by atoms with Crippen molar-refractivity contribution >= 4 is 16.8 Å². The molecule has 104 valence electrons. The van der Waals surface area contributed by atoms with E-state index in [-0.39, 0.29) is 17.5 Å². The van der Waals surface area contributed by atoms with E-state index in [0.29, 0.717) is 17.8 Å². The Bertz CT molecular complexity index is 714. The summed E-state index contributed by atoms with van der Waals surface area (Å²) < 4.78 is 10.9. The molecule has 20 heavy (non-hydrogen) atoms. The molecule has 1 aliphatic carbocycles. The Hall–Kier alpha value is -2.10. The van der Waals surface area contributed by atoms with Crippen LogP contribution in [0.15, 0.2) is 33.5 Å². The third-order valence-electron chi connectivity index (χ3n) is 3.70. The smallest absolute Gasteiger partial charge is 0.336 e. The highest BCUT2D eigenvalue weighted by atomic mass is 16.5. The van der Waals surface area contributed by atoms with Crippen molar-refractivity contribution in [2.24, 2.45) is 0 Å². The van der Waals surface area contributed by atoms with E-state index >= 15 is 0 Å². The van der Waals surface area contributed by atoms with E-state index in [1.807, 2.05) is 19.1 Å². The first-order chi connectivity index (χ1) is 9.63. The van der Waals surface area contributed by atoms with Crippen LogP contribution in [0.4, 0.5) is 0 Å². The summed E-state index contributed by atoms with van der Waals surface area (Å²) in [5.74, 6) is 0.730. The highest BCUT2D eigenvalue weighted by Gasteiger charge is 2.23. The van der Waals surface area contributed by atoms with E-state index in [4.69, 9.17) is 9.15 Å². The molecule has 1 fully saturated rings. The zero-order valence-electron chi connectivity index (χ0n) is 11.3. The lowest BCUT2D eigenvalue weighted by atomic mass is 9.96. The molecule has 0 spiro atoms. The van der Waals surface area contributed by atoms with Gasteiger partial charge < -0.3 is 9.15 Å². The minimum Gasteiger partial charge on any atom is -0.483 e. The maximum atomic E-state index is 11.8. The van der Waals surface area contributed by atoms with Gasteiger partial charge in [0, 0.05) is 23.9 Å². The first-order valence-electron chi connectivity index (χ1n) is 6.87. The van der Waals surface area contributed by atoms with E-state index in [0.717, 1.165) is 30.2 Å². The summed E-state index contributed by atoms with van der Waals surface area (Å²) in [5.41, 5.74) is 0.994. The van der Waals surface area contributed by atoms with Crippen LogP contribution >= 0.6 is 0 Å². The number of carbonyl (C=O) groups excluding carboxylic acids is 1. The Morgan fingerprint density at radius 2 is 2.05 bits per heavy atom. The van der Waals surface area contributed by atoms with Crippen LogP contribution in [0, 0.1) is 6.92 Å². The number of Topliss-reactive ketones (excluding diaryl/α,β-unsaturated/α-hetero) is 1. The average molecular weight is 272 g/mol. The summed E-state index contributed by atoms with van der Waals surface area (Å²) in [7, 11) is 0. The topological polar surface area (TPSA) is 56.5 Å². The van der Waals surface area contributed by atoms with Gasteiger partial charge in [-0.2, -0.15) is 0 Å². The van der Waals surface area contributed by atoms with Crippen LogP contribution in [0.2, 0.25) is 0 Å². The molecule has 0 saturated heterocycles. The van der Waals surface area contributed by atoms with Crippen molar-refractivity contribution in [2.45, 2.75) is 38.7 Å². The monoisotopic (exact) mass is 272 g/mol. The molecule has 0 amide bonds. The van der Waals surface area contributed by atoms with E-state index in [9.17, 15) is 9.59 Å². The fourth-order valence-electron chi connectivity index (χ4n) is 2.62. The third-order valence-corrected chi connectivity index (χ3v) is 3.70. The average Bonchev–Trinajstić information content (AvgIpc) is 2.41. The Balaban J connectivity index is 1.92. The second-order valence-electron chi connectivity index (χ2n) is 5.23. The highest BCUT2D eigenvalue weighted by Crippen LogP contribution is 2.25. The molecule has 3 rings (SSSR count). The number of hydrogen-bond acceptors (Lipinski definition) is 4. The molecule has 1 atom stereocenters. The molecule has 0 bridgehead atoms. The number of carbonyl (C=O) groups is 1. The number of ketones is 1. The summed E-state index contributed by atoms with van der Waals surface area (Å²) in [6.07, 6.45) is 2.95. The van der Waals surface area contributed by atoms with Gasteiger partial charge in [-0.05, 0) is 43.9 Å². The van der Waals surface area contributed by atoms with Gasteiger partial charge in [0.15, 0.2) is 11.9 Å². The molecular formula is C16H16O4. The zero-order chi connectivity index (χ0) is 14.1. The standard InChI is InChI=1S/C16H16O4/c1-10-8-16(18)20-15-9-11(6-7-12(10)15)19-14-5-3-2-4-13(14)17/h6-9,14H,2-5H2,1H3/t14-/m1/s1. The Labute approximate surface area is 116 Å². The molecule has 0 radical (unpaired) electrons. The number of benzene rings is 1. The van der Waals surface area contributed by atoms with E-state index in [2.05, 4.69) is 0 Å². The van der Waals surface area contributed by atoms with Gasteiger partial charge in [-0.15, -0.1) is 0 Å². The summed E-state index contributed by atoms with van der Waals surface area (Å²) in [6.45, 7) is 1.87. The fourth-order valence-corrected chi connectivity index (χ4v) is 2.62. The van der Waals surface area contributed by atoms with Crippen LogP contribution in [0.25, 0.3) is 11.0 Å². The molecule has 1 aromatic carbocycles. The lowest BCUT2D eigenvalue weighted by molar-refractivity contribution is -0.127. The fraction of sp³-hybridized carbons (Fsp3) is 0.375. The number of fused-ring (bicyclic) bond motifs is 1. The predicted molar refractivity (Wildman–Crippen MR) is 75.1 cm³/mol. The third kappa shape index (κ3) is 2.46. The van der Waals surface area contributed by atoms with Gasteiger partial charge >= 0.3 is 5.63 Å². The van der Waals surface area contributed by atoms with Gasteiger partial charge in [0.2, 0.25) is 0 Å². The Kier molecular flexibility index (Phi) is 3.30. The van der Waals surface area contributed by atoms with Crippen molar-refractivity contribution in [3.63, 3.8) is 0 Å². The first kappa shape index (κ1) is 12.9.